The molecule has 1 aliphatic heterocycles. The molecule has 0 spiro atoms. The van der Waals surface area contributed by atoms with Crippen LogP contribution in [0, 0.1) is 12.7 Å². The average molecular weight is 340 g/mol. The van der Waals surface area contributed by atoms with Gasteiger partial charge < -0.3 is 4.52 Å². The molecule has 25 heavy (non-hydrogen) atoms. The summed E-state index contributed by atoms with van der Waals surface area (Å²) in [5.74, 6) is 0.707. The summed E-state index contributed by atoms with van der Waals surface area (Å²) in [7, 11) is 0. The molecule has 130 valence electrons. The van der Waals surface area contributed by atoms with Gasteiger partial charge in [0, 0.05) is 50.4 Å². The lowest BCUT2D eigenvalue weighted by Gasteiger charge is -2.34. The van der Waals surface area contributed by atoms with Crippen molar-refractivity contribution in [3.63, 3.8) is 0 Å². The van der Waals surface area contributed by atoms with E-state index in [2.05, 4.69) is 19.9 Å². The molecule has 0 bridgehead atoms. The van der Waals surface area contributed by atoms with Crippen molar-refractivity contribution in [2.75, 3.05) is 26.2 Å². The van der Waals surface area contributed by atoms with Crippen LogP contribution in [-0.2, 0) is 13.1 Å². The van der Waals surface area contributed by atoms with E-state index in [0.29, 0.717) is 5.39 Å². The van der Waals surface area contributed by atoms with E-state index in [0.717, 1.165) is 61.8 Å². The van der Waals surface area contributed by atoms with Crippen LogP contribution < -0.4 is 0 Å². The van der Waals surface area contributed by atoms with Gasteiger partial charge in [-0.25, -0.2) is 4.39 Å². The van der Waals surface area contributed by atoms with Crippen LogP contribution in [0.3, 0.4) is 0 Å². The number of aryl methyl sites for hydroxylation is 1. The zero-order chi connectivity index (χ0) is 17.2. The van der Waals surface area contributed by atoms with Gasteiger partial charge in [-0.1, -0.05) is 11.2 Å². The summed E-state index contributed by atoms with van der Waals surface area (Å²) in [6.45, 7) is 7.43. The highest BCUT2D eigenvalue weighted by atomic mass is 19.1. The standard InChI is InChI=1S/C19H21FN4O/c1-14-11-16(25-22-14)13-24-9-7-23(8-10-24)12-15-4-5-18(20)17-3-2-6-21-19(15)17/h2-6,11H,7-10,12-13H2,1H3. The second kappa shape index (κ2) is 6.90. The molecule has 0 amide bonds. The van der Waals surface area contributed by atoms with Crippen LogP contribution in [-0.4, -0.2) is 46.1 Å². The molecule has 2 aromatic heterocycles. The Hall–Kier alpha value is -2.31. The number of aromatic nitrogens is 2. The minimum absolute atomic E-state index is 0.209. The first-order valence-corrected chi connectivity index (χ1v) is 8.58. The lowest BCUT2D eigenvalue weighted by Crippen LogP contribution is -2.45. The number of pyridine rings is 1. The molecule has 0 aliphatic carbocycles. The molecule has 0 atom stereocenters. The summed E-state index contributed by atoms with van der Waals surface area (Å²) in [4.78, 5) is 9.15. The van der Waals surface area contributed by atoms with E-state index in [1.807, 2.05) is 19.1 Å². The van der Waals surface area contributed by atoms with Crippen molar-refractivity contribution < 1.29 is 8.91 Å². The van der Waals surface area contributed by atoms with Crippen molar-refractivity contribution in [2.45, 2.75) is 20.0 Å². The topological polar surface area (TPSA) is 45.4 Å². The Kier molecular flexibility index (Phi) is 4.46. The van der Waals surface area contributed by atoms with Gasteiger partial charge in [0.05, 0.1) is 17.8 Å². The van der Waals surface area contributed by atoms with Crippen LogP contribution in [0.1, 0.15) is 17.0 Å². The molecule has 3 heterocycles. The zero-order valence-corrected chi connectivity index (χ0v) is 14.3. The fourth-order valence-electron chi connectivity index (χ4n) is 3.38. The third kappa shape index (κ3) is 3.55. The van der Waals surface area contributed by atoms with Gasteiger partial charge in [0.1, 0.15) is 5.82 Å². The SMILES string of the molecule is Cc1cc(CN2CCN(Cc3ccc(F)c4cccnc34)CC2)on1. The highest BCUT2D eigenvalue weighted by Crippen LogP contribution is 2.21. The molecule has 4 rings (SSSR count). The van der Waals surface area contributed by atoms with E-state index in [1.165, 1.54) is 0 Å². The lowest BCUT2D eigenvalue weighted by atomic mass is 10.1. The Morgan fingerprint density at radius 3 is 2.56 bits per heavy atom. The summed E-state index contributed by atoms with van der Waals surface area (Å²) in [6, 6.07) is 8.95. The summed E-state index contributed by atoms with van der Waals surface area (Å²) < 4.78 is 19.2. The second-order valence-electron chi connectivity index (χ2n) is 6.59. The van der Waals surface area contributed by atoms with Crippen molar-refractivity contribution in [3.8, 4) is 0 Å². The molecule has 6 heteroatoms. The third-order valence-electron chi connectivity index (χ3n) is 4.72. The molecule has 0 N–H and O–H groups in total. The molecule has 0 unspecified atom stereocenters. The van der Waals surface area contributed by atoms with E-state index in [1.54, 1.807) is 24.4 Å². The van der Waals surface area contributed by atoms with Crippen molar-refractivity contribution in [1.29, 1.82) is 0 Å². The number of nitrogens with zero attached hydrogens (tertiary/aromatic N) is 4. The fraction of sp³-hybridized carbons (Fsp3) is 0.368. The highest BCUT2D eigenvalue weighted by molar-refractivity contribution is 5.82. The van der Waals surface area contributed by atoms with Gasteiger partial charge in [-0.2, -0.15) is 0 Å². The predicted molar refractivity (Wildman–Crippen MR) is 93.5 cm³/mol. The van der Waals surface area contributed by atoms with Crippen LogP contribution in [0.4, 0.5) is 4.39 Å². The van der Waals surface area contributed by atoms with Crippen molar-refractivity contribution >= 4 is 10.9 Å². The number of fused-ring (bicyclic) bond motifs is 1. The second-order valence-corrected chi connectivity index (χ2v) is 6.59. The predicted octanol–water partition coefficient (Wildman–Crippen LogP) is 2.99. The minimum atomic E-state index is -0.209. The number of benzene rings is 1. The molecule has 1 aromatic carbocycles. The van der Waals surface area contributed by atoms with Gasteiger partial charge in [-0.3, -0.25) is 14.8 Å². The molecule has 1 saturated heterocycles. The van der Waals surface area contributed by atoms with Crippen LogP contribution >= 0.6 is 0 Å². The zero-order valence-electron chi connectivity index (χ0n) is 14.3. The van der Waals surface area contributed by atoms with E-state index < -0.39 is 0 Å². The Morgan fingerprint density at radius 2 is 1.84 bits per heavy atom. The molecular formula is C19H21FN4O. The van der Waals surface area contributed by atoms with Crippen molar-refractivity contribution in [3.05, 3.63) is 59.4 Å². The average Bonchev–Trinajstić information content (AvgIpc) is 3.04. The Balaban J connectivity index is 1.40. The third-order valence-corrected chi connectivity index (χ3v) is 4.72. The van der Waals surface area contributed by atoms with E-state index in [9.17, 15) is 4.39 Å². The maximum atomic E-state index is 13.9. The minimum Gasteiger partial charge on any atom is -0.360 e. The van der Waals surface area contributed by atoms with Crippen LogP contribution in [0.5, 0.6) is 0 Å². The van der Waals surface area contributed by atoms with Crippen molar-refractivity contribution in [1.82, 2.24) is 19.9 Å². The Morgan fingerprint density at radius 1 is 1.08 bits per heavy atom. The van der Waals surface area contributed by atoms with Crippen LogP contribution in [0.25, 0.3) is 10.9 Å². The molecule has 0 radical (unpaired) electrons. The van der Waals surface area contributed by atoms with Crippen LogP contribution in [0.2, 0.25) is 0 Å². The highest BCUT2D eigenvalue weighted by Gasteiger charge is 2.19. The number of rotatable bonds is 4. The van der Waals surface area contributed by atoms with Crippen LogP contribution in [0.15, 0.2) is 41.1 Å². The van der Waals surface area contributed by atoms with Gasteiger partial charge in [0.2, 0.25) is 0 Å². The van der Waals surface area contributed by atoms with E-state index >= 15 is 0 Å². The molecule has 1 fully saturated rings. The molecular weight excluding hydrogens is 319 g/mol. The van der Waals surface area contributed by atoms with Gasteiger partial charge >= 0.3 is 0 Å². The first-order chi connectivity index (χ1) is 12.2. The van der Waals surface area contributed by atoms with Gasteiger partial charge in [-0.05, 0) is 30.7 Å². The van der Waals surface area contributed by atoms with Gasteiger partial charge in [0.15, 0.2) is 5.76 Å². The maximum absolute atomic E-state index is 13.9. The van der Waals surface area contributed by atoms with Gasteiger partial charge in [0.25, 0.3) is 0 Å². The Labute approximate surface area is 146 Å². The number of halogens is 1. The van der Waals surface area contributed by atoms with E-state index in [4.69, 9.17) is 4.52 Å². The lowest BCUT2D eigenvalue weighted by molar-refractivity contribution is 0.114. The number of piperazine rings is 1. The maximum Gasteiger partial charge on any atom is 0.150 e. The number of hydrogen-bond acceptors (Lipinski definition) is 5. The first kappa shape index (κ1) is 16.2. The summed E-state index contributed by atoms with van der Waals surface area (Å²) in [5, 5.41) is 4.54. The van der Waals surface area contributed by atoms with Crippen molar-refractivity contribution in [2.24, 2.45) is 0 Å². The monoisotopic (exact) mass is 340 g/mol. The number of hydrogen-bond donors (Lipinski definition) is 0. The summed E-state index contributed by atoms with van der Waals surface area (Å²) in [6.07, 6.45) is 1.72. The molecule has 0 saturated carbocycles. The molecule has 5 nitrogen and oxygen atoms in total. The summed E-state index contributed by atoms with van der Waals surface area (Å²) in [5.41, 5.74) is 2.77. The molecule has 1 aliphatic rings. The quantitative estimate of drug-likeness (QED) is 0.731. The largest absolute Gasteiger partial charge is 0.360 e. The smallest absolute Gasteiger partial charge is 0.150 e. The molecule has 3 aromatic rings. The Bertz CT molecular complexity index is 871. The fourth-order valence-corrected chi connectivity index (χ4v) is 3.38. The summed E-state index contributed by atoms with van der Waals surface area (Å²) >= 11 is 0. The van der Waals surface area contributed by atoms with Gasteiger partial charge in [-0.15, -0.1) is 0 Å². The van der Waals surface area contributed by atoms with E-state index in [-0.39, 0.29) is 5.82 Å². The normalized spacial score (nSPS) is 16.6. The first-order valence-electron chi connectivity index (χ1n) is 8.58.